The third-order valence-corrected chi connectivity index (χ3v) is 3.33. The monoisotopic (exact) mass is 341 g/mol. The molecule has 0 aliphatic rings. The maximum atomic E-state index is 12.5. The topological polar surface area (TPSA) is 29.5 Å². The number of carbonyl (C=O) groups is 1. The second kappa shape index (κ2) is 9.81. The Morgan fingerprint density at radius 3 is 2.70 bits per heavy atom. The summed E-state index contributed by atoms with van der Waals surface area (Å²) < 4.78 is 5.59. The van der Waals surface area contributed by atoms with Crippen molar-refractivity contribution in [1.29, 1.82) is 0 Å². The molecule has 112 valence electrons. The Balaban J connectivity index is 2.76. The van der Waals surface area contributed by atoms with Gasteiger partial charge >= 0.3 is 0 Å². The van der Waals surface area contributed by atoms with Crippen LogP contribution in [0.15, 0.2) is 24.3 Å². The van der Waals surface area contributed by atoms with E-state index < -0.39 is 0 Å². The molecule has 1 aromatic rings. The van der Waals surface area contributed by atoms with Crippen LogP contribution in [0, 0.1) is 0 Å². The highest BCUT2D eigenvalue weighted by atomic mass is 79.9. The van der Waals surface area contributed by atoms with Gasteiger partial charge in [-0.1, -0.05) is 42.3 Å². The van der Waals surface area contributed by atoms with E-state index in [1.807, 2.05) is 29.2 Å². The van der Waals surface area contributed by atoms with Gasteiger partial charge in [-0.2, -0.15) is 0 Å². The van der Waals surface area contributed by atoms with E-state index in [-0.39, 0.29) is 5.91 Å². The van der Waals surface area contributed by atoms with Crippen molar-refractivity contribution in [2.75, 3.05) is 25.0 Å². The van der Waals surface area contributed by atoms with Crippen molar-refractivity contribution in [3.05, 3.63) is 29.8 Å². The van der Waals surface area contributed by atoms with E-state index >= 15 is 0 Å². The van der Waals surface area contributed by atoms with Crippen molar-refractivity contribution in [2.24, 2.45) is 0 Å². The predicted octanol–water partition coefficient (Wildman–Crippen LogP) is 4.11. The van der Waals surface area contributed by atoms with Gasteiger partial charge < -0.3 is 9.64 Å². The lowest BCUT2D eigenvalue weighted by molar-refractivity contribution is 0.0764. The summed E-state index contributed by atoms with van der Waals surface area (Å²) in [5.74, 6) is 0.854. The molecule has 0 radical (unpaired) electrons. The molecule has 0 heterocycles. The van der Waals surface area contributed by atoms with E-state index in [0.29, 0.717) is 12.2 Å². The standard InChI is InChI=1S/C16H24BrNO2/c1-3-5-10-18(11-9-17)16(19)14-7-6-8-15(13-14)20-12-4-2/h6-8,13H,3-5,9-12H2,1-2H3. The average Bonchev–Trinajstić information content (AvgIpc) is 2.49. The van der Waals surface area contributed by atoms with Crippen LogP contribution in [0.1, 0.15) is 43.5 Å². The van der Waals surface area contributed by atoms with Crippen LogP contribution < -0.4 is 4.74 Å². The summed E-state index contributed by atoms with van der Waals surface area (Å²) in [5, 5.41) is 0.800. The molecule has 0 spiro atoms. The van der Waals surface area contributed by atoms with E-state index in [1.165, 1.54) is 0 Å². The van der Waals surface area contributed by atoms with Crippen molar-refractivity contribution in [3.8, 4) is 5.75 Å². The summed E-state index contributed by atoms with van der Waals surface area (Å²) in [7, 11) is 0. The number of carbonyl (C=O) groups excluding carboxylic acids is 1. The number of alkyl halides is 1. The fourth-order valence-electron chi connectivity index (χ4n) is 1.89. The Hall–Kier alpha value is -1.03. The minimum absolute atomic E-state index is 0.0832. The van der Waals surface area contributed by atoms with Gasteiger partial charge in [-0.3, -0.25) is 4.79 Å². The van der Waals surface area contributed by atoms with Gasteiger partial charge in [0, 0.05) is 24.0 Å². The first-order valence-corrected chi connectivity index (χ1v) is 8.43. The minimum Gasteiger partial charge on any atom is -0.494 e. The lowest BCUT2D eigenvalue weighted by Gasteiger charge is -2.22. The summed E-state index contributed by atoms with van der Waals surface area (Å²) in [5.41, 5.74) is 0.704. The van der Waals surface area contributed by atoms with Crippen LogP contribution in [0.2, 0.25) is 0 Å². The van der Waals surface area contributed by atoms with Crippen LogP contribution in [-0.4, -0.2) is 35.8 Å². The van der Waals surface area contributed by atoms with Gasteiger partial charge in [-0.15, -0.1) is 0 Å². The first kappa shape index (κ1) is 17.0. The highest BCUT2D eigenvalue weighted by Gasteiger charge is 2.15. The number of amides is 1. The third-order valence-electron chi connectivity index (χ3n) is 2.98. The second-order valence-corrected chi connectivity index (χ2v) is 5.50. The molecule has 1 aromatic carbocycles. The second-order valence-electron chi connectivity index (χ2n) is 4.71. The molecule has 0 aliphatic carbocycles. The maximum absolute atomic E-state index is 12.5. The molecular weight excluding hydrogens is 318 g/mol. The zero-order valence-electron chi connectivity index (χ0n) is 12.4. The van der Waals surface area contributed by atoms with Crippen LogP contribution in [0.25, 0.3) is 0 Å². The molecule has 0 fully saturated rings. The van der Waals surface area contributed by atoms with Crippen molar-refractivity contribution in [2.45, 2.75) is 33.1 Å². The summed E-state index contributed by atoms with van der Waals surface area (Å²) >= 11 is 3.41. The van der Waals surface area contributed by atoms with Crippen molar-refractivity contribution < 1.29 is 9.53 Å². The Bertz CT molecular complexity index is 409. The molecular formula is C16H24BrNO2. The number of benzene rings is 1. The molecule has 0 aliphatic heterocycles. The lowest BCUT2D eigenvalue weighted by Crippen LogP contribution is -2.33. The number of ether oxygens (including phenoxy) is 1. The quantitative estimate of drug-likeness (QED) is 0.632. The van der Waals surface area contributed by atoms with Crippen molar-refractivity contribution in [1.82, 2.24) is 4.90 Å². The van der Waals surface area contributed by atoms with Gasteiger partial charge in [0.25, 0.3) is 5.91 Å². The Kier molecular flexibility index (Phi) is 8.35. The van der Waals surface area contributed by atoms with E-state index in [2.05, 4.69) is 29.8 Å². The van der Waals surface area contributed by atoms with E-state index in [9.17, 15) is 4.79 Å². The molecule has 3 nitrogen and oxygen atoms in total. The zero-order valence-corrected chi connectivity index (χ0v) is 14.0. The number of rotatable bonds is 9. The lowest BCUT2D eigenvalue weighted by atomic mass is 10.1. The molecule has 1 amide bonds. The van der Waals surface area contributed by atoms with Gasteiger partial charge in [-0.25, -0.2) is 0 Å². The molecule has 4 heteroatoms. The number of halogens is 1. The first-order valence-electron chi connectivity index (χ1n) is 7.31. The third kappa shape index (κ3) is 5.53. The maximum Gasteiger partial charge on any atom is 0.254 e. The van der Waals surface area contributed by atoms with Gasteiger partial charge in [-0.05, 0) is 31.0 Å². The fourth-order valence-corrected chi connectivity index (χ4v) is 2.32. The Morgan fingerprint density at radius 2 is 2.05 bits per heavy atom. The molecule has 0 N–H and O–H groups in total. The van der Waals surface area contributed by atoms with Crippen LogP contribution in [0.3, 0.4) is 0 Å². The van der Waals surface area contributed by atoms with Gasteiger partial charge in [0.05, 0.1) is 6.61 Å². The molecule has 20 heavy (non-hydrogen) atoms. The summed E-state index contributed by atoms with van der Waals surface area (Å²) in [4.78, 5) is 14.4. The molecule has 1 rings (SSSR count). The minimum atomic E-state index is 0.0832. The number of unbranched alkanes of at least 4 members (excludes halogenated alkanes) is 1. The SMILES string of the molecule is CCCCN(CCBr)C(=O)c1cccc(OCCC)c1. The first-order chi connectivity index (χ1) is 9.72. The van der Waals surface area contributed by atoms with Gasteiger partial charge in [0.1, 0.15) is 5.75 Å². The predicted molar refractivity (Wildman–Crippen MR) is 86.8 cm³/mol. The van der Waals surface area contributed by atoms with Crippen LogP contribution >= 0.6 is 15.9 Å². The summed E-state index contributed by atoms with van der Waals surface area (Å²) in [6, 6.07) is 7.47. The number of hydrogen-bond donors (Lipinski definition) is 0. The van der Waals surface area contributed by atoms with Gasteiger partial charge in [0.15, 0.2) is 0 Å². The largest absolute Gasteiger partial charge is 0.494 e. The highest BCUT2D eigenvalue weighted by Crippen LogP contribution is 2.16. The smallest absolute Gasteiger partial charge is 0.254 e. The average molecular weight is 342 g/mol. The Labute approximate surface area is 130 Å². The summed E-state index contributed by atoms with van der Waals surface area (Å²) in [6.45, 7) is 6.42. The Morgan fingerprint density at radius 1 is 1.25 bits per heavy atom. The fraction of sp³-hybridized carbons (Fsp3) is 0.562. The van der Waals surface area contributed by atoms with Gasteiger partial charge in [0.2, 0.25) is 0 Å². The van der Waals surface area contributed by atoms with E-state index in [4.69, 9.17) is 4.74 Å². The number of nitrogens with zero attached hydrogens (tertiary/aromatic N) is 1. The zero-order chi connectivity index (χ0) is 14.8. The molecule has 0 unspecified atom stereocenters. The summed E-state index contributed by atoms with van der Waals surface area (Å²) in [6.07, 6.45) is 3.08. The van der Waals surface area contributed by atoms with Crippen molar-refractivity contribution >= 4 is 21.8 Å². The number of hydrogen-bond acceptors (Lipinski definition) is 2. The highest BCUT2D eigenvalue weighted by molar-refractivity contribution is 9.09. The van der Waals surface area contributed by atoms with Crippen LogP contribution in [0.5, 0.6) is 5.75 Å². The van der Waals surface area contributed by atoms with Crippen LogP contribution in [-0.2, 0) is 0 Å². The van der Waals surface area contributed by atoms with E-state index in [1.54, 1.807) is 0 Å². The molecule has 0 saturated heterocycles. The van der Waals surface area contributed by atoms with Crippen LogP contribution in [0.4, 0.5) is 0 Å². The molecule has 0 saturated carbocycles. The molecule has 0 bridgehead atoms. The van der Waals surface area contributed by atoms with Crippen molar-refractivity contribution in [3.63, 3.8) is 0 Å². The van der Waals surface area contributed by atoms with E-state index in [0.717, 1.165) is 43.4 Å². The normalized spacial score (nSPS) is 10.3. The molecule has 0 aromatic heterocycles. The molecule has 0 atom stereocenters.